The first kappa shape index (κ1) is 21.7. The predicted octanol–water partition coefficient (Wildman–Crippen LogP) is 3.43. The van der Waals surface area contributed by atoms with Gasteiger partial charge in [-0.15, -0.1) is 0 Å². The smallest absolute Gasteiger partial charge is 0.410 e. The van der Waals surface area contributed by atoms with Gasteiger partial charge in [-0.3, -0.25) is 14.9 Å². The average molecular weight is 428 g/mol. The molecule has 1 aromatic carbocycles. The highest BCUT2D eigenvalue weighted by molar-refractivity contribution is 6.00. The van der Waals surface area contributed by atoms with Crippen LogP contribution >= 0.6 is 0 Å². The predicted molar refractivity (Wildman–Crippen MR) is 118 cm³/mol. The van der Waals surface area contributed by atoms with E-state index in [0.717, 1.165) is 56.7 Å². The number of hydrogen-bond donors (Lipinski definition) is 1. The van der Waals surface area contributed by atoms with Gasteiger partial charge in [0.15, 0.2) is 0 Å². The molecule has 31 heavy (non-hydrogen) atoms. The number of likely N-dealkylation sites (tertiary alicyclic amines) is 1. The van der Waals surface area contributed by atoms with Crippen molar-refractivity contribution in [3.05, 3.63) is 29.8 Å². The number of nitrogens with one attached hydrogen (secondary N) is 1. The summed E-state index contributed by atoms with van der Waals surface area (Å²) in [6, 6.07) is 8.19. The van der Waals surface area contributed by atoms with Crippen molar-refractivity contribution < 1.29 is 19.1 Å². The molecule has 1 spiro atoms. The van der Waals surface area contributed by atoms with Crippen molar-refractivity contribution in [2.24, 2.45) is 5.41 Å². The van der Waals surface area contributed by atoms with Crippen LogP contribution in [0.2, 0.25) is 0 Å². The van der Waals surface area contributed by atoms with E-state index in [4.69, 9.17) is 4.74 Å². The Morgan fingerprint density at radius 2 is 1.71 bits per heavy atom. The molecule has 168 valence electrons. The van der Waals surface area contributed by atoms with Crippen LogP contribution in [-0.2, 0) is 14.3 Å². The summed E-state index contributed by atoms with van der Waals surface area (Å²) in [7, 11) is 0. The Labute approximate surface area is 184 Å². The Bertz CT molecular complexity index is 851. The molecule has 1 atom stereocenters. The van der Waals surface area contributed by atoms with Crippen molar-refractivity contribution in [2.45, 2.75) is 64.4 Å². The van der Waals surface area contributed by atoms with Crippen LogP contribution < -0.4 is 10.2 Å². The monoisotopic (exact) mass is 427 g/mol. The maximum Gasteiger partial charge on any atom is 0.410 e. The number of hydrogen-bond acceptors (Lipinski definition) is 5. The van der Waals surface area contributed by atoms with Crippen LogP contribution in [0.5, 0.6) is 0 Å². The van der Waals surface area contributed by atoms with E-state index in [9.17, 15) is 14.4 Å². The van der Waals surface area contributed by atoms with Crippen molar-refractivity contribution in [3.8, 4) is 0 Å². The lowest BCUT2D eigenvalue weighted by Gasteiger charge is -2.40. The Hall–Kier alpha value is -2.57. The van der Waals surface area contributed by atoms with Crippen LogP contribution in [0.1, 0.15) is 64.4 Å². The first-order valence-electron chi connectivity index (χ1n) is 11.3. The number of anilines is 1. The first-order valence-corrected chi connectivity index (χ1v) is 11.3. The summed E-state index contributed by atoms with van der Waals surface area (Å²) in [6.45, 7) is 9.18. The molecular weight excluding hydrogens is 394 g/mol. The lowest BCUT2D eigenvalue weighted by atomic mass is 9.77. The van der Waals surface area contributed by atoms with Gasteiger partial charge in [-0.1, -0.05) is 12.1 Å². The zero-order chi connectivity index (χ0) is 22.2. The van der Waals surface area contributed by atoms with Crippen molar-refractivity contribution in [1.82, 2.24) is 10.2 Å². The number of benzene rings is 1. The molecule has 1 unspecified atom stereocenters. The minimum Gasteiger partial charge on any atom is -0.444 e. The number of piperidine rings is 2. The SMILES string of the molecule is CC(C)(C)OC(=O)N1CCC2(CCN(c3ccc(C4CCC(=O)NC4=O)cc3)CC2)C1. The van der Waals surface area contributed by atoms with Gasteiger partial charge in [0.2, 0.25) is 11.8 Å². The van der Waals surface area contributed by atoms with E-state index in [1.165, 1.54) is 0 Å². The van der Waals surface area contributed by atoms with Gasteiger partial charge in [-0.25, -0.2) is 4.79 Å². The summed E-state index contributed by atoms with van der Waals surface area (Å²) < 4.78 is 5.55. The number of nitrogens with zero attached hydrogens (tertiary/aromatic N) is 2. The number of imide groups is 1. The quantitative estimate of drug-likeness (QED) is 0.732. The molecular formula is C24H33N3O4. The van der Waals surface area contributed by atoms with Gasteiger partial charge < -0.3 is 14.5 Å². The highest BCUT2D eigenvalue weighted by Crippen LogP contribution is 2.41. The Morgan fingerprint density at radius 3 is 2.32 bits per heavy atom. The summed E-state index contributed by atoms with van der Waals surface area (Å²) in [6.07, 6.45) is 3.92. The Kier molecular flexibility index (Phi) is 5.71. The van der Waals surface area contributed by atoms with Crippen molar-refractivity contribution in [1.29, 1.82) is 0 Å². The van der Waals surface area contributed by atoms with E-state index >= 15 is 0 Å². The van der Waals surface area contributed by atoms with Crippen molar-refractivity contribution in [3.63, 3.8) is 0 Å². The summed E-state index contributed by atoms with van der Waals surface area (Å²) in [5, 5.41) is 2.43. The zero-order valence-corrected chi connectivity index (χ0v) is 18.8. The zero-order valence-electron chi connectivity index (χ0n) is 18.8. The fourth-order valence-electron chi connectivity index (χ4n) is 4.99. The van der Waals surface area contributed by atoms with Gasteiger partial charge >= 0.3 is 6.09 Å². The van der Waals surface area contributed by atoms with Crippen molar-refractivity contribution >= 4 is 23.6 Å². The highest BCUT2D eigenvalue weighted by atomic mass is 16.6. The van der Waals surface area contributed by atoms with E-state index < -0.39 is 5.60 Å². The molecule has 1 aromatic rings. The minimum absolute atomic E-state index is 0.183. The molecule has 7 heteroatoms. The van der Waals surface area contributed by atoms with E-state index in [1.807, 2.05) is 37.8 Å². The second-order valence-electron chi connectivity index (χ2n) is 10.2. The van der Waals surface area contributed by atoms with E-state index in [1.54, 1.807) is 0 Å². The summed E-state index contributed by atoms with van der Waals surface area (Å²) in [5.41, 5.74) is 1.86. The number of ether oxygens (including phenoxy) is 1. The molecule has 3 heterocycles. The van der Waals surface area contributed by atoms with Gasteiger partial charge in [-0.05, 0) is 69.6 Å². The molecule has 3 fully saturated rings. The molecule has 0 bridgehead atoms. The second-order valence-corrected chi connectivity index (χ2v) is 10.2. The lowest BCUT2D eigenvalue weighted by molar-refractivity contribution is -0.134. The molecule has 0 aromatic heterocycles. The third kappa shape index (κ3) is 4.86. The molecule has 4 rings (SSSR count). The molecule has 0 aliphatic carbocycles. The number of carbonyl (C=O) groups excluding carboxylic acids is 3. The van der Waals surface area contributed by atoms with Gasteiger partial charge in [-0.2, -0.15) is 0 Å². The number of carbonyl (C=O) groups is 3. The van der Waals surface area contributed by atoms with Crippen LogP contribution in [0.3, 0.4) is 0 Å². The van der Waals surface area contributed by atoms with Gasteiger partial charge in [0, 0.05) is 38.3 Å². The van der Waals surface area contributed by atoms with Gasteiger partial charge in [0.05, 0.1) is 5.92 Å². The highest BCUT2D eigenvalue weighted by Gasteiger charge is 2.43. The topological polar surface area (TPSA) is 79.0 Å². The van der Waals surface area contributed by atoms with Crippen LogP contribution in [0.15, 0.2) is 24.3 Å². The van der Waals surface area contributed by atoms with Crippen LogP contribution in [0, 0.1) is 5.41 Å². The van der Waals surface area contributed by atoms with Crippen LogP contribution in [-0.4, -0.2) is 54.6 Å². The molecule has 3 amide bonds. The summed E-state index contributed by atoms with van der Waals surface area (Å²) in [4.78, 5) is 40.2. The lowest BCUT2D eigenvalue weighted by Crippen LogP contribution is -2.43. The first-order chi connectivity index (χ1) is 14.6. The fourth-order valence-corrected chi connectivity index (χ4v) is 4.99. The Balaban J connectivity index is 1.32. The molecule has 3 aliphatic heterocycles. The normalized spacial score (nSPS) is 23.8. The molecule has 3 aliphatic rings. The standard InChI is InChI=1S/C24H33N3O4/c1-23(2,3)31-22(30)27-15-12-24(16-27)10-13-26(14-11-24)18-6-4-17(5-7-18)19-8-9-20(28)25-21(19)29/h4-7,19H,8-16H2,1-3H3,(H,25,28,29). The van der Waals surface area contributed by atoms with Crippen LogP contribution in [0.25, 0.3) is 0 Å². The third-order valence-electron chi connectivity index (χ3n) is 6.81. The largest absolute Gasteiger partial charge is 0.444 e. The molecule has 7 nitrogen and oxygen atoms in total. The molecule has 1 N–H and O–H groups in total. The fraction of sp³-hybridized carbons (Fsp3) is 0.625. The summed E-state index contributed by atoms with van der Waals surface area (Å²) in [5.74, 6) is -0.620. The number of amides is 3. The van der Waals surface area contributed by atoms with E-state index in [0.29, 0.717) is 12.8 Å². The Morgan fingerprint density at radius 1 is 1.06 bits per heavy atom. The minimum atomic E-state index is -0.462. The van der Waals surface area contributed by atoms with Gasteiger partial charge in [0.25, 0.3) is 0 Å². The van der Waals surface area contributed by atoms with Gasteiger partial charge in [0.1, 0.15) is 5.60 Å². The maximum atomic E-state index is 12.4. The van der Waals surface area contributed by atoms with E-state index in [2.05, 4.69) is 22.3 Å². The average Bonchev–Trinajstić information content (AvgIpc) is 3.12. The van der Waals surface area contributed by atoms with Crippen molar-refractivity contribution in [2.75, 3.05) is 31.1 Å². The molecule has 0 saturated carbocycles. The summed E-state index contributed by atoms with van der Waals surface area (Å²) >= 11 is 0. The van der Waals surface area contributed by atoms with Crippen LogP contribution in [0.4, 0.5) is 10.5 Å². The third-order valence-corrected chi connectivity index (χ3v) is 6.81. The molecule has 3 saturated heterocycles. The van der Waals surface area contributed by atoms with E-state index in [-0.39, 0.29) is 29.2 Å². The number of rotatable bonds is 2. The maximum absolute atomic E-state index is 12.4. The second kappa shape index (κ2) is 8.17. The molecule has 0 radical (unpaired) electrons.